The number of carboxylic acids is 1. The maximum atomic E-state index is 10.5. The molecule has 1 aromatic rings. The first-order valence-electron chi connectivity index (χ1n) is 4.13. The minimum atomic E-state index is -0.816. The average Bonchev–Trinajstić information content (AvgIpc) is 2.55. The summed E-state index contributed by atoms with van der Waals surface area (Å²) in [5, 5.41) is 13.6. The molecule has 0 fully saturated rings. The topological polar surface area (TPSA) is 49.3 Å². The number of hydrogen-bond acceptors (Lipinski definition) is 3. The zero-order valence-electron chi connectivity index (χ0n) is 7.65. The number of carboxylic acid groups (broad SMARTS) is 1. The Morgan fingerprint density at radius 2 is 2.31 bits per heavy atom. The van der Waals surface area contributed by atoms with Crippen molar-refractivity contribution in [3.63, 3.8) is 0 Å². The highest BCUT2D eigenvalue weighted by molar-refractivity contribution is 7.10. The molecule has 0 saturated carbocycles. The molecular weight excluding hydrogens is 186 g/mol. The fourth-order valence-electron chi connectivity index (χ4n) is 1.07. The van der Waals surface area contributed by atoms with E-state index in [1.807, 2.05) is 24.4 Å². The third-order valence-corrected chi connectivity index (χ3v) is 2.90. The summed E-state index contributed by atoms with van der Waals surface area (Å²) in [6.07, 6.45) is 0. The van der Waals surface area contributed by atoms with Gasteiger partial charge in [0.1, 0.15) is 6.04 Å². The fourth-order valence-corrected chi connectivity index (χ4v) is 1.81. The van der Waals surface area contributed by atoms with Crippen LogP contribution < -0.4 is 5.32 Å². The first-order chi connectivity index (χ1) is 6.11. The Kier molecular flexibility index (Phi) is 3.45. The zero-order chi connectivity index (χ0) is 9.84. The Morgan fingerprint density at radius 1 is 1.62 bits per heavy atom. The van der Waals surface area contributed by atoms with Crippen molar-refractivity contribution in [3.8, 4) is 0 Å². The van der Waals surface area contributed by atoms with Gasteiger partial charge in [-0.05, 0) is 25.3 Å². The minimum Gasteiger partial charge on any atom is -0.480 e. The minimum absolute atomic E-state index is 0.103. The maximum absolute atomic E-state index is 10.5. The van der Waals surface area contributed by atoms with E-state index in [-0.39, 0.29) is 6.04 Å². The Bertz CT molecular complexity index is 271. The third kappa shape index (κ3) is 2.82. The average molecular weight is 199 g/mol. The molecule has 0 bridgehead atoms. The van der Waals surface area contributed by atoms with Crippen LogP contribution in [0.4, 0.5) is 0 Å². The van der Waals surface area contributed by atoms with E-state index >= 15 is 0 Å². The van der Waals surface area contributed by atoms with Crippen LogP contribution in [0.3, 0.4) is 0 Å². The normalized spacial score (nSPS) is 15.2. The number of aliphatic carboxylic acids is 1. The van der Waals surface area contributed by atoms with E-state index in [1.165, 1.54) is 0 Å². The van der Waals surface area contributed by atoms with Gasteiger partial charge >= 0.3 is 5.97 Å². The molecule has 0 aliphatic heterocycles. The molecular formula is C9H13NO2S. The van der Waals surface area contributed by atoms with Gasteiger partial charge in [0.25, 0.3) is 0 Å². The first-order valence-corrected chi connectivity index (χ1v) is 5.01. The molecule has 2 N–H and O–H groups in total. The largest absolute Gasteiger partial charge is 0.480 e. The summed E-state index contributed by atoms with van der Waals surface area (Å²) in [5.74, 6) is -0.816. The van der Waals surface area contributed by atoms with Gasteiger partial charge in [-0.2, -0.15) is 0 Å². The summed E-state index contributed by atoms with van der Waals surface area (Å²) in [6, 6.07) is 3.56. The first kappa shape index (κ1) is 10.2. The van der Waals surface area contributed by atoms with E-state index in [1.54, 1.807) is 18.3 Å². The molecule has 4 heteroatoms. The number of rotatable bonds is 4. The maximum Gasteiger partial charge on any atom is 0.320 e. The summed E-state index contributed by atoms with van der Waals surface area (Å²) >= 11 is 1.63. The summed E-state index contributed by atoms with van der Waals surface area (Å²) in [4.78, 5) is 11.7. The molecule has 2 unspecified atom stereocenters. The Hall–Kier alpha value is -0.870. The highest BCUT2D eigenvalue weighted by Gasteiger charge is 2.14. The van der Waals surface area contributed by atoms with E-state index < -0.39 is 12.0 Å². The van der Waals surface area contributed by atoms with Crippen LogP contribution in [0.1, 0.15) is 24.8 Å². The van der Waals surface area contributed by atoms with E-state index in [0.29, 0.717) is 0 Å². The molecule has 13 heavy (non-hydrogen) atoms. The van der Waals surface area contributed by atoms with Crippen LogP contribution >= 0.6 is 11.3 Å². The quantitative estimate of drug-likeness (QED) is 0.778. The van der Waals surface area contributed by atoms with Gasteiger partial charge in [-0.15, -0.1) is 11.3 Å². The van der Waals surface area contributed by atoms with Crippen LogP contribution in [0.5, 0.6) is 0 Å². The number of hydrogen-bond donors (Lipinski definition) is 2. The predicted molar refractivity (Wildman–Crippen MR) is 53.0 cm³/mol. The van der Waals surface area contributed by atoms with Crippen molar-refractivity contribution in [1.29, 1.82) is 0 Å². The number of nitrogens with one attached hydrogen (secondary N) is 1. The molecule has 1 aromatic heterocycles. The van der Waals surface area contributed by atoms with Crippen LogP contribution in [-0.2, 0) is 4.79 Å². The van der Waals surface area contributed by atoms with Gasteiger partial charge in [0.2, 0.25) is 0 Å². The van der Waals surface area contributed by atoms with Crippen molar-refractivity contribution >= 4 is 17.3 Å². The molecule has 0 aliphatic rings. The van der Waals surface area contributed by atoms with Crippen molar-refractivity contribution in [1.82, 2.24) is 5.32 Å². The number of carbonyl (C=O) groups is 1. The smallest absolute Gasteiger partial charge is 0.320 e. The molecule has 3 nitrogen and oxygen atoms in total. The van der Waals surface area contributed by atoms with Gasteiger partial charge in [0.15, 0.2) is 0 Å². The predicted octanol–water partition coefficient (Wildman–Crippen LogP) is 1.87. The summed E-state index contributed by atoms with van der Waals surface area (Å²) < 4.78 is 0. The van der Waals surface area contributed by atoms with E-state index in [4.69, 9.17) is 5.11 Å². The van der Waals surface area contributed by atoms with E-state index in [9.17, 15) is 4.79 Å². The van der Waals surface area contributed by atoms with Crippen LogP contribution in [0.25, 0.3) is 0 Å². The highest BCUT2D eigenvalue weighted by Crippen LogP contribution is 2.18. The lowest BCUT2D eigenvalue weighted by atomic mass is 10.2. The monoisotopic (exact) mass is 199 g/mol. The fraction of sp³-hybridized carbons (Fsp3) is 0.444. The van der Waals surface area contributed by atoms with Crippen molar-refractivity contribution in [2.24, 2.45) is 0 Å². The van der Waals surface area contributed by atoms with Crippen molar-refractivity contribution in [2.45, 2.75) is 25.9 Å². The standard InChI is InChI=1S/C9H13NO2S/c1-6(8-4-3-5-13-8)10-7(2)9(11)12/h3-7,10H,1-2H3,(H,11,12). The Morgan fingerprint density at radius 3 is 2.77 bits per heavy atom. The van der Waals surface area contributed by atoms with Gasteiger partial charge in [0.05, 0.1) is 0 Å². The van der Waals surface area contributed by atoms with Gasteiger partial charge < -0.3 is 5.11 Å². The van der Waals surface area contributed by atoms with E-state index in [2.05, 4.69) is 5.32 Å². The molecule has 0 amide bonds. The summed E-state index contributed by atoms with van der Waals surface area (Å²) in [5.41, 5.74) is 0. The second kappa shape index (κ2) is 4.39. The second-order valence-electron chi connectivity index (χ2n) is 2.96. The van der Waals surface area contributed by atoms with Crippen molar-refractivity contribution in [2.75, 3.05) is 0 Å². The highest BCUT2D eigenvalue weighted by atomic mass is 32.1. The lowest BCUT2D eigenvalue weighted by Crippen LogP contribution is -2.35. The molecule has 0 spiro atoms. The molecule has 0 saturated heterocycles. The molecule has 72 valence electrons. The second-order valence-corrected chi connectivity index (χ2v) is 3.94. The summed E-state index contributed by atoms with van der Waals surface area (Å²) in [7, 11) is 0. The SMILES string of the molecule is CC(NC(C)c1cccs1)C(=O)O. The molecule has 0 aromatic carbocycles. The zero-order valence-corrected chi connectivity index (χ0v) is 8.47. The lowest BCUT2D eigenvalue weighted by molar-refractivity contribution is -0.139. The van der Waals surface area contributed by atoms with Crippen LogP contribution in [0, 0.1) is 0 Å². The molecule has 2 atom stereocenters. The van der Waals surface area contributed by atoms with Crippen LogP contribution in [0.15, 0.2) is 17.5 Å². The van der Waals surface area contributed by atoms with Gasteiger partial charge in [-0.1, -0.05) is 6.07 Å². The van der Waals surface area contributed by atoms with Crippen LogP contribution in [0.2, 0.25) is 0 Å². The van der Waals surface area contributed by atoms with Crippen LogP contribution in [-0.4, -0.2) is 17.1 Å². The van der Waals surface area contributed by atoms with Gasteiger partial charge in [-0.3, -0.25) is 10.1 Å². The number of thiophene rings is 1. The third-order valence-electron chi connectivity index (χ3n) is 1.84. The van der Waals surface area contributed by atoms with E-state index in [0.717, 1.165) is 4.88 Å². The lowest BCUT2D eigenvalue weighted by Gasteiger charge is -2.15. The molecule has 1 rings (SSSR count). The Balaban J connectivity index is 2.51. The summed E-state index contributed by atoms with van der Waals surface area (Å²) in [6.45, 7) is 3.61. The van der Waals surface area contributed by atoms with Gasteiger partial charge in [-0.25, -0.2) is 0 Å². The Labute approximate surface area is 81.4 Å². The van der Waals surface area contributed by atoms with Gasteiger partial charge in [0, 0.05) is 10.9 Å². The molecule has 0 aliphatic carbocycles. The van der Waals surface area contributed by atoms with Crippen molar-refractivity contribution < 1.29 is 9.90 Å². The molecule has 1 heterocycles. The molecule has 0 radical (unpaired) electrons. The van der Waals surface area contributed by atoms with Crippen molar-refractivity contribution in [3.05, 3.63) is 22.4 Å².